The average Bonchev–Trinajstić information content (AvgIpc) is 2.83. The Morgan fingerprint density at radius 2 is 1.33 bits per heavy atom. The predicted molar refractivity (Wildman–Crippen MR) is 100 cm³/mol. The number of hydrogen-bond acceptors (Lipinski definition) is 1. The molecule has 5 atom stereocenters. The van der Waals surface area contributed by atoms with Gasteiger partial charge in [-0.2, -0.15) is 0 Å². The largest absolute Gasteiger partial charge is 0.388 e. The summed E-state index contributed by atoms with van der Waals surface area (Å²) < 4.78 is 0.964. The van der Waals surface area contributed by atoms with Crippen molar-refractivity contribution in [2.75, 3.05) is 0 Å². The summed E-state index contributed by atoms with van der Waals surface area (Å²) in [5, 5.41) is 10.9. The van der Waals surface area contributed by atoms with Gasteiger partial charge in [-0.3, -0.25) is 0 Å². The van der Waals surface area contributed by atoms with E-state index in [0.29, 0.717) is 5.92 Å². The molecule has 0 heterocycles. The van der Waals surface area contributed by atoms with E-state index < -0.39 is 6.10 Å². The fraction of sp³-hybridized carbons (Fsp3) is 0.364. The number of allylic oxidation sites excluding steroid dienone is 1. The molecule has 0 unspecified atom stereocenters. The molecule has 0 amide bonds. The SMILES string of the molecule is CC1(C)[C@]2(c3ccccc3)[C@H]3[C@@H](O)C(Br)=C[C@@H]3[C@]12c1ccccc1. The van der Waals surface area contributed by atoms with Crippen LogP contribution in [0.15, 0.2) is 71.2 Å². The fourth-order valence-electron chi connectivity index (χ4n) is 6.81. The van der Waals surface area contributed by atoms with Gasteiger partial charge in [0.2, 0.25) is 0 Å². The summed E-state index contributed by atoms with van der Waals surface area (Å²) in [5.74, 6) is 0.643. The highest BCUT2D eigenvalue weighted by Gasteiger charge is 2.96. The molecule has 1 N–H and O–H groups in total. The molecule has 0 radical (unpaired) electrons. The minimum Gasteiger partial charge on any atom is -0.388 e. The van der Waals surface area contributed by atoms with Gasteiger partial charge < -0.3 is 5.11 Å². The first-order chi connectivity index (χ1) is 11.5. The van der Waals surface area contributed by atoms with E-state index in [0.717, 1.165) is 4.48 Å². The average molecular weight is 381 g/mol. The summed E-state index contributed by atoms with van der Waals surface area (Å²) in [6.45, 7) is 4.78. The van der Waals surface area contributed by atoms with Crippen molar-refractivity contribution >= 4 is 15.9 Å². The number of aliphatic hydroxyl groups excluding tert-OH is 1. The van der Waals surface area contributed by atoms with Gasteiger partial charge in [-0.25, -0.2) is 0 Å². The van der Waals surface area contributed by atoms with Crippen LogP contribution in [0.3, 0.4) is 0 Å². The van der Waals surface area contributed by atoms with Gasteiger partial charge in [-0.15, -0.1) is 0 Å². The minimum atomic E-state index is -0.395. The second-order valence-corrected chi connectivity index (χ2v) is 8.94. The zero-order valence-corrected chi connectivity index (χ0v) is 15.5. The summed E-state index contributed by atoms with van der Waals surface area (Å²) in [4.78, 5) is 0. The van der Waals surface area contributed by atoms with Gasteiger partial charge in [0, 0.05) is 21.2 Å². The Labute approximate surface area is 151 Å². The Balaban J connectivity index is 1.79. The van der Waals surface area contributed by atoms with Crippen molar-refractivity contribution in [3.05, 3.63) is 82.3 Å². The summed E-state index contributed by atoms with van der Waals surface area (Å²) in [7, 11) is 0. The second-order valence-electron chi connectivity index (χ2n) is 8.02. The highest BCUT2D eigenvalue weighted by molar-refractivity contribution is 9.11. The monoisotopic (exact) mass is 380 g/mol. The first-order valence-corrected chi connectivity index (χ1v) is 9.47. The molecule has 5 rings (SSSR count). The Kier molecular flexibility index (Phi) is 2.75. The molecule has 2 fully saturated rings. The van der Waals surface area contributed by atoms with E-state index in [-0.39, 0.29) is 22.2 Å². The maximum atomic E-state index is 10.9. The molecule has 0 aromatic heterocycles. The van der Waals surface area contributed by atoms with Crippen LogP contribution in [0.25, 0.3) is 0 Å². The zero-order valence-electron chi connectivity index (χ0n) is 13.9. The van der Waals surface area contributed by atoms with Crippen molar-refractivity contribution in [3.63, 3.8) is 0 Å². The molecule has 2 aromatic rings. The number of hydrogen-bond donors (Lipinski definition) is 1. The van der Waals surface area contributed by atoms with Gasteiger partial charge in [0.15, 0.2) is 0 Å². The molecule has 0 bridgehead atoms. The lowest BCUT2D eigenvalue weighted by atomic mass is 9.53. The third-order valence-electron chi connectivity index (χ3n) is 7.34. The smallest absolute Gasteiger partial charge is 0.0894 e. The van der Waals surface area contributed by atoms with Crippen LogP contribution in [0.4, 0.5) is 0 Å². The summed E-state index contributed by atoms with van der Waals surface area (Å²) in [6, 6.07) is 21.8. The van der Waals surface area contributed by atoms with Gasteiger partial charge in [-0.1, -0.05) is 96.5 Å². The minimum absolute atomic E-state index is 0.00127. The van der Waals surface area contributed by atoms with E-state index in [2.05, 4.69) is 96.5 Å². The third-order valence-corrected chi connectivity index (χ3v) is 8.07. The van der Waals surface area contributed by atoms with Crippen molar-refractivity contribution < 1.29 is 5.11 Å². The van der Waals surface area contributed by atoms with Crippen molar-refractivity contribution in [2.24, 2.45) is 17.3 Å². The van der Waals surface area contributed by atoms with Gasteiger partial charge in [0.05, 0.1) is 6.10 Å². The van der Waals surface area contributed by atoms with E-state index >= 15 is 0 Å². The maximum Gasteiger partial charge on any atom is 0.0894 e. The highest BCUT2D eigenvalue weighted by atomic mass is 79.9. The standard InChI is InChI=1S/C22H21BrO/c1-20(2)21(14-9-5-3-6-10-14)16-13-17(23)19(24)18(16)22(20,21)15-11-7-4-8-12-15/h3-13,16,18-19,24H,1-2H3/t16-,18+,19-,21+,22-/m0/s1. The van der Waals surface area contributed by atoms with Crippen LogP contribution >= 0.6 is 15.9 Å². The normalized spacial score (nSPS) is 41.0. The Hall–Kier alpha value is -1.38. The molecule has 2 aromatic carbocycles. The van der Waals surface area contributed by atoms with Gasteiger partial charge >= 0.3 is 0 Å². The predicted octanol–water partition coefficient (Wildman–Crippen LogP) is 4.80. The van der Waals surface area contributed by atoms with E-state index in [1.165, 1.54) is 11.1 Å². The Morgan fingerprint density at radius 3 is 1.88 bits per heavy atom. The summed E-state index contributed by atoms with van der Waals surface area (Å²) >= 11 is 3.61. The van der Waals surface area contributed by atoms with E-state index in [1.54, 1.807) is 0 Å². The molecule has 0 saturated heterocycles. The maximum absolute atomic E-state index is 10.9. The van der Waals surface area contributed by atoms with Crippen molar-refractivity contribution in [1.82, 2.24) is 0 Å². The second kappa shape index (κ2) is 4.42. The third kappa shape index (κ3) is 1.25. The van der Waals surface area contributed by atoms with Crippen molar-refractivity contribution in [2.45, 2.75) is 30.8 Å². The molecule has 0 aliphatic heterocycles. The van der Waals surface area contributed by atoms with Crippen LogP contribution in [0.2, 0.25) is 0 Å². The summed E-state index contributed by atoms with van der Waals surface area (Å²) in [5.41, 5.74) is 2.96. The quantitative estimate of drug-likeness (QED) is 0.792. The van der Waals surface area contributed by atoms with Crippen LogP contribution in [0, 0.1) is 17.3 Å². The summed E-state index contributed by atoms with van der Waals surface area (Å²) in [6.07, 6.45) is 1.88. The molecule has 122 valence electrons. The molecule has 2 heteroatoms. The molecular formula is C22H21BrO. The number of halogens is 1. The number of benzene rings is 2. The van der Waals surface area contributed by atoms with Crippen LogP contribution in [-0.2, 0) is 10.8 Å². The topological polar surface area (TPSA) is 20.2 Å². The first kappa shape index (κ1) is 14.9. The molecule has 2 saturated carbocycles. The number of aliphatic hydroxyl groups is 1. The lowest BCUT2D eigenvalue weighted by Crippen LogP contribution is -2.53. The van der Waals surface area contributed by atoms with E-state index in [9.17, 15) is 5.11 Å². The van der Waals surface area contributed by atoms with E-state index in [4.69, 9.17) is 0 Å². The Bertz CT molecular complexity index is 841. The van der Waals surface area contributed by atoms with Crippen LogP contribution in [0.5, 0.6) is 0 Å². The fourth-order valence-corrected chi connectivity index (χ4v) is 7.38. The molecule has 3 aliphatic carbocycles. The molecule has 3 aliphatic rings. The molecule has 0 spiro atoms. The van der Waals surface area contributed by atoms with E-state index in [1.807, 2.05) is 0 Å². The highest BCUT2D eigenvalue weighted by Crippen LogP contribution is 2.94. The number of rotatable bonds is 2. The van der Waals surface area contributed by atoms with Crippen LogP contribution in [0.1, 0.15) is 25.0 Å². The Morgan fingerprint density at radius 1 is 0.833 bits per heavy atom. The zero-order chi connectivity index (χ0) is 16.7. The van der Waals surface area contributed by atoms with Crippen LogP contribution < -0.4 is 0 Å². The van der Waals surface area contributed by atoms with Crippen LogP contribution in [-0.4, -0.2) is 11.2 Å². The lowest BCUT2D eigenvalue weighted by Gasteiger charge is -2.49. The van der Waals surface area contributed by atoms with Crippen molar-refractivity contribution in [1.29, 1.82) is 0 Å². The molecular weight excluding hydrogens is 360 g/mol. The van der Waals surface area contributed by atoms with Gasteiger partial charge in [0.25, 0.3) is 0 Å². The van der Waals surface area contributed by atoms with Gasteiger partial charge in [-0.05, 0) is 22.5 Å². The van der Waals surface area contributed by atoms with Gasteiger partial charge in [0.1, 0.15) is 0 Å². The first-order valence-electron chi connectivity index (χ1n) is 8.67. The number of fused-ring (bicyclic) bond motifs is 4. The van der Waals surface area contributed by atoms with Crippen molar-refractivity contribution in [3.8, 4) is 0 Å². The lowest BCUT2D eigenvalue weighted by molar-refractivity contribution is 0.0334. The molecule has 24 heavy (non-hydrogen) atoms. The molecule has 1 nitrogen and oxygen atoms in total.